The van der Waals surface area contributed by atoms with Crippen molar-refractivity contribution >= 4 is 27.3 Å². The van der Waals surface area contributed by atoms with Gasteiger partial charge in [-0.25, -0.2) is 4.98 Å². The third-order valence-corrected chi connectivity index (χ3v) is 3.99. The molecule has 2 rings (SSSR count). The van der Waals surface area contributed by atoms with Crippen molar-refractivity contribution in [2.24, 2.45) is 5.73 Å². The molecule has 0 aliphatic carbocycles. The van der Waals surface area contributed by atoms with Gasteiger partial charge in [0, 0.05) is 16.0 Å². The van der Waals surface area contributed by atoms with Gasteiger partial charge in [0.1, 0.15) is 5.01 Å². The molecule has 0 spiro atoms. The fourth-order valence-corrected chi connectivity index (χ4v) is 2.40. The first kappa shape index (κ1) is 10.8. The third kappa shape index (κ3) is 2.27. The molecule has 0 bridgehead atoms. The van der Waals surface area contributed by atoms with E-state index in [1.54, 1.807) is 17.5 Å². The van der Waals surface area contributed by atoms with E-state index in [-0.39, 0.29) is 6.04 Å². The van der Waals surface area contributed by atoms with Gasteiger partial charge < -0.3 is 5.73 Å². The second-order valence-electron chi connectivity index (χ2n) is 3.36. The zero-order valence-corrected chi connectivity index (χ0v) is 10.7. The van der Waals surface area contributed by atoms with E-state index in [1.807, 2.05) is 11.4 Å². The number of hydrogen-bond acceptors (Lipinski definition) is 3. The maximum Gasteiger partial charge on any atom is 0.114 e. The molecule has 78 valence electrons. The monoisotopic (exact) mass is 282 g/mol. The molecule has 1 atom stereocenters. The Labute approximate surface area is 101 Å². The van der Waals surface area contributed by atoms with Crippen LogP contribution in [-0.2, 0) is 0 Å². The molecule has 0 amide bonds. The lowest BCUT2D eigenvalue weighted by atomic mass is 10.1. The van der Waals surface area contributed by atoms with Crippen LogP contribution in [0.5, 0.6) is 0 Å². The summed E-state index contributed by atoms with van der Waals surface area (Å²) in [7, 11) is 0. The predicted molar refractivity (Wildman–Crippen MR) is 67.0 cm³/mol. The number of aryl methyl sites for hydroxylation is 1. The van der Waals surface area contributed by atoms with Crippen LogP contribution in [0.2, 0.25) is 0 Å². The molecule has 0 aliphatic rings. The molecule has 2 aromatic rings. The van der Waals surface area contributed by atoms with Gasteiger partial charge in [-0.2, -0.15) is 0 Å². The molecule has 0 saturated carbocycles. The Balaban J connectivity index is 2.34. The van der Waals surface area contributed by atoms with Crippen LogP contribution in [-0.4, -0.2) is 4.98 Å². The van der Waals surface area contributed by atoms with E-state index in [1.165, 1.54) is 5.56 Å². The lowest BCUT2D eigenvalue weighted by molar-refractivity contribution is 0.856. The predicted octanol–water partition coefficient (Wildman–Crippen LogP) is 3.26. The van der Waals surface area contributed by atoms with Crippen LogP contribution in [0.4, 0.5) is 0 Å². The van der Waals surface area contributed by atoms with Gasteiger partial charge in [-0.15, -0.1) is 11.3 Å². The first-order chi connectivity index (χ1) is 7.18. The summed E-state index contributed by atoms with van der Waals surface area (Å²) in [5, 5.41) is 2.89. The highest BCUT2D eigenvalue weighted by Gasteiger charge is 2.11. The van der Waals surface area contributed by atoms with E-state index < -0.39 is 0 Å². The molecule has 0 radical (unpaired) electrons. The van der Waals surface area contributed by atoms with E-state index >= 15 is 0 Å². The maximum absolute atomic E-state index is 6.11. The van der Waals surface area contributed by atoms with Crippen LogP contribution in [0.1, 0.15) is 22.2 Å². The molecule has 1 unspecified atom stereocenters. The Morgan fingerprint density at radius 2 is 2.27 bits per heavy atom. The second kappa shape index (κ2) is 4.43. The fraction of sp³-hybridized carbons (Fsp3) is 0.182. The van der Waals surface area contributed by atoms with Gasteiger partial charge in [-0.05, 0) is 24.1 Å². The Hall–Kier alpha value is -0.710. The van der Waals surface area contributed by atoms with Crippen molar-refractivity contribution in [2.45, 2.75) is 13.0 Å². The van der Waals surface area contributed by atoms with Crippen molar-refractivity contribution in [3.63, 3.8) is 0 Å². The minimum atomic E-state index is -0.123. The van der Waals surface area contributed by atoms with Gasteiger partial charge in [0.15, 0.2) is 0 Å². The van der Waals surface area contributed by atoms with Gasteiger partial charge in [0.25, 0.3) is 0 Å². The van der Waals surface area contributed by atoms with Crippen LogP contribution < -0.4 is 5.73 Å². The van der Waals surface area contributed by atoms with Crippen LogP contribution in [0.25, 0.3) is 0 Å². The van der Waals surface area contributed by atoms with Gasteiger partial charge in [-0.3, -0.25) is 0 Å². The SMILES string of the molecule is Cc1ccc(C(N)c2nccs2)cc1Br. The molecule has 1 aromatic heterocycles. The highest BCUT2D eigenvalue weighted by atomic mass is 79.9. The summed E-state index contributed by atoms with van der Waals surface area (Å²) < 4.78 is 1.09. The van der Waals surface area contributed by atoms with E-state index in [0.717, 1.165) is 15.0 Å². The molecule has 1 aromatic carbocycles. The largest absolute Gasteiger partial charge is 0.318 e. The smallest absolute Gasteiger partial charge is 0.114 e. The van der Waals surface area contributed by atoms with Crippen LogP contribution in [0.3, 0.4) is 0 Å². The van der Waals surface area contributed by atoms with E-state index in [0.29, 0.717) is 0 Å². The fourth-order valence-electron chi connectivity index (χ4n) is 1.33. The molecule has 0 fully saturated rings. The quantitative estimate of drug-likeness (QED) is 0.918. The molecule has 0 saturated heterocycles. The van der Waals surface area contributed by atoms with Crippen molar-refractivity contribution in [1.29, 1.82) is 0 Å². The number of nitrogens with two attached hydrogens (primary N) is 1. The first-order valence-electron chi connectivity index (χ1n) is 4.59. The van der Waals surface area contributed by atoms with Crippen molar-refractivity contribution in [3.8, 4) is 0 Å². The highest BCUT2D eigenvalue weighted by Crippen LogP contribution is 2.25. The summed E-state index contributed by atoms with van der Waals surface area (Å²) >= 11 is 5.09. The normalized spacial score (nSPS) is 12.7. The average molecular weight is 283 g/mol. The number of nitrogens with zero attached hydrogens (tertiary/aromatic N) is 1. The van der Waals surface area contributed by atoms with Gasteiger partial charge >= 0.3 is 0 Å². The minimum absolute atomic E-state index is 0.123. The van der Waals surface area contributed by atoms with Crippen LogP contribution >= 0.6 is 27.3 Å². The molecular formula is C11H11BrN2S. The van der Waals surface area contributed by atoms with E-state index in [2.05, 4.69) is 40.0 Å². The number of hydrogen-bond donors (Lipinski definition) is 1. The number of rotatable bonds is 2. The molecule has 15 heavy (non-hydrogen) atoms. The van der Waals surface area contributed by atoms with Crippen LogP contribution in [0.15, 0.2) is 34.2 Å². The van der Waals surface area contributed by atoms with Gasteiger partial charge in [-0.1, -0.05) is 28.1 Å². The van der Waals surface area contributed by atoms with Crippen molar-refractivity contribution in [2.75, 3.05) is 0 Å². The lowest BCUT2D eigenvalue weighted by Gasteiger charge is -2.10. The van der Waals surface area contributed by atoms with Crippen LogP contribution in [0, 0.1) is 6.92 Å². The first-order valence-corrected chi connectivity index (χ1v) is 6.27. The lowest BCUT2D eigenvalue weighted by Crippen LogP contribution is -2.11. The zero-order valence-electron chi connectivity index (χ0n) is 8.27. The number of aromatic nitrogens is 1. The maximum atomic E-state index is 6.11. The molecular weight excluding hydrogens is 272 g/mol. The Bertz CT molecular complexity index is 454. The summed E-state index contributed by atoms with van der Waals surface area (Å²) in [6.45, 7) is 2.06. The van der Waals surface area contributed by atoms with Gasteiger partial charge in [0.05, 0.1) is 6.04 Å². The summed E-state index contributed by atoms with van der Waals surface area (Å²) in [6.07, 6.45) is 1.78. The van der Waals surface area contributed by atoms with E-state index in [9.17, 15) is 0 Å². The Kier molecular flexibility index (Phi) is 3.19. The summed E-state index contributed by atoms with van der Waals surface area (Å²) in [6, 6.07) is 6.04. The zero-order chi connectivity index (χ0) is 10.8. The minimum Gasteiger partial charge on any atom is -0.318 e. The topological polar surface area (TPSA) is 38.9 Å². The summed E-state index contributed by atoms with van der Waals surface area (Å²) in [4.78, 5) is 4.22. The molecule has 2 N–H and O–H groups in total. The van der Waals surface area contributed by atoms with E-state index in [4.69, 9.17) is 5.73 Å². The van der Waals surface area contributed by atoms with Crippen molar-refractivity contribution < 1.29 is 0 Å². The highest BCUT2D eigenvalue weighted by molar-refractivity contribution is 9.10. The number of halogens is 1. The van der Waals surface area contributed by atoms with Crippen molar-refractivity contribution in [1.82, 2.24) is 4.98 Å². The Morgan fingerprint density at radius 3 is 2.87 bits per heavy atom. The summed E-state index contributed by atoms with van der Waals surface area (Å²) in [5.41, 5.74) is 8.41. The molecule has 1 heterocycles. The summed E-state index contributed by atoms with van der Waals surface area (Å²) in [5.74, 6) is 0. The number of thiazole rings is 1. The molecule has 2 nitrogen and oxygen atoms in total. The Morgan fingerprint density at radius 1 is 1.47 bits per heavy atom. The third-order valence-electron chi connectivity index (χ3n) is 2.27. The standard InChI is InChI=1S/C11H11BrN2S/c1-7-2-3-8(6-9(7)12)10(13)11-14-4-5-15-11/h2-6,10H,13H2,1H3. The van der Waals surface area contributed by atoms with Crippen molar-refractivity contribution in [3.05, 3.63) is 50.4 Å². The second-order valence-corrected chi connectivity index (χ2v) is 5.14. The molecule has 4 heteroatoms. The molecule has 0 aliphatic heterocycles. The van der Waals surface area contributed by atoms with Gasteiger partial charge in [0.2, 0.25) is 0 Å². The number of benzene rings is 1. The average Bonchev–Trinajstić information content (AvgIpc) is 2.74.